The number of ether oxygens (including phenoxy) is 6. The van der Waals surface area contributed by atoms with Crippen LogP contribution in [0, 0.1) is 50.2 Å². The number of aliphatic hydroxyl groups is 11. The molecular weight excluding hydrogens is 849 g/mol. The van der Waals surface area contributed by atoms with Gasteiger partial charge in [0.05, 0.1) is 31.5 Å². The zero-order valence-electron chi connectivity index (χ0n) is 39.5. The molecule has 7 fully saturated rings. The van der Waals surface area contributed by atoms with Crippen molar-refractivity contribution >= 4 is 0 Å². The molecule has 3 aliphatic heterocycles. The van der Waals surface area contributed by atoms with E-state index >= 15 is 0 Å². The number of fused-ring (bicyclic) bond motifs is 7. The van der Waals surface area contributed by atoms with Crippen LogP contribution in [0.15, 0.2) is 11.6 Å². The van der Waals surface area contributed by atoms with Crippen LogP contribution in [0.2, 0.25) is 0 Å². The van der Waals surface area contributed by atoms with Gasteiger partial charge in [0.2, 0.25) is 0 Å². The molecule has 374 valence electrons. The summed E-state index contributed by atoms with van der Waals surface area (Å²) in [6.07, 6.45) is -14.9. The summed E-state index contributed by atoms with van der Waals surface area (Å²) >= 11 is 0. The van der Waals surface area contributed by atoms with Gasteiger partial charge < -0.3 is 84.6 Å². The molecule has 5 aliphatic carbocycles. The fraction of sp³-hybridized carbons (Fsp3) is 0.958. The van der Waals surface area contributed by atoms with Crippen LogP contribution in [0.25, 0.3) is 0 Å². The Morgan fingerprint density at radius 3 is 1.86 bits per heavy atom. The minimum atomic E-state index is -1.92. The number of allylic oxidation sites excluding steroid dienone is 2. The Balaban J connectivity index is 1.02. The molecule has 0 radical (unpaired) electrons. The highest BCUT2D eigenvalue weighted by Crippen LogP contribution is 2.76. The Morgan fingerprint density at radius 1 is 0.600 bits per heavy atom. The van der Waals surface area contributed by atoms with Crippen LogP contribution in [0.1, 0.15) is 113 Å². The van der Waals surface area contributed by atoms with Crippen molar-refractivity contribution in [1.29, 1.82) is 0 Å². The van der Waals surface area contributed by atoms with Gasteiger partial charge in [0.25, 0.3) is 0 Å². The highest BCUT2D eigenvalue weighted by atomic mass is 16.8. The summed E-state index contributed by atoms with van der Waals surface area (Å²) < 4.78 is 36.1. The summed E-state index contributed by atoms with van der Waals surface area (Å²) in [4.78, 5) is 0. The first-order valence-electron chi connectivity index (χ1n) is 24.2. The topological polar surface area (TPSA) is 278 Å². The molecule has 3 saturated heterocycles. The third-order valence-electron chi connectivity index (χ3n) is 19.3. The largest absolute Gasteiger partial charge is 0.396 e. The second-order valence-corrected chi connectivity index (χ2v) is 23.7. The lowest BCUT2D eigenvalue weighted by molar-refractivity contribution is -0.392. The highest BCUT2D eigenvalue weighted by Gasteiger charge is 2.70. The molecule has 8 rings (SSSR count). The average Bonchev–Trinajstić information content (AvgIpc) is 3.25. The quantitative estimate of drug-likeness (QED) is 0.112. The first-order valence-corrected chi connectivity index (χ1v) is 24.2. The van der Waals surface area contributed by atoms with Gasteiger partial charge in [-0.3, -0.25) is 0 Å². The Kier molecular flexibility index (Phi) is 13.8. The Morgan fingerprint density at radius 2 is 1.20 bits per heavy atom. The second kappa shape index (κ2) is 17.7. The van der Waals surface area contributed by atoms with E-state index in [1.165, 1.54) is 12.5 Å². The van der Waals surface area contributed by atoms with E-state index in [4.69, 9.17) is 28.4 Å². The highest BCUT2D eigenvalue weighted by molar-refractivity contribution is 5.34. The third-order valence-corrected chi connectivity index (χ3v) is 19.3. The lowest BCUT2D eigenvalue weighted by Crippen LogP contribution is -2.69. The van der Waals surface area contributed by atoms with E-state index in [1.807, 2.05) is 0 Å². The minimum Gasteiger partial charge on any atom is -0.396 e. The predicted octanol–water partition coefficient (Wildman–Crippen LogP) is 0.612. The van der Waals surface area contributed by atoms with Gasteiger partial charge in [-0.25, -0.2) is 0 Å². The first-order chi connectivity index (χ1) is 30.3. The van der Waals surface area contributed by atoms with E-state index in [-0.39, 0.29) is 45.5 Å². The third kappa shape index (κ3) is 7.94. The molecule has 0 aromatic rings. The molecule has 0 unspecified atom stereocenters. The molecule has 0 spiro atoms. The normalized spacial score (nSPS) is 55.2. The number of rotatable bonds is 9. The van der Waals surface area contributed by atoms with E-state index in [9.17, 15) is 56.2 Å². The average molecular weight is 929 g/mol. The van der Waals surface area contributed by atoms with Crippen molar-refractivity contribution in [2.45, 2.75) is 218 Å². The molecule has 0 aromatic heterocycles. The van der Waals surface area contributed by atoms with Gasteiger partial charge in [0, 0.05) is 12.0 Å². The minimum absolute atomic E-state index is 0.0671. The van der Waals surface area contributed by atoms with Crippen LogP contribution >= 0.6 is 0 Å². The van der Waals surface area contributed by atoms with Crippen molar-refractivity contribution in [2.24, 2.45) is 50.2 Å². The van der Waals surface area contributed by atoms with E-state index in [1.54, 1.807) is 0 Å². The van der Waals surface area contributed by atoms with E-state index in [2.05, 4.69) is 54.5 Å². The van der Waals surface area contributed by atoms with Crippen molar-refractivity contribution in [3.63, 3.8) is 0 Å². The fourth-order valence-corrected chi connectivity index (χ4v) is 15.3. The Bertz CT molecular complexity index is 1730. The van der Waals surface area contributed by atoms with Gasteiger partial charge in [0.15, 0.2) is 18.9 Å². The van der Waals surface area contributed by atoms with Crippen molar-refractivity contribution in [3.8, 4) is 0 Å². The maximum atomic E-state index is 12.4. The van der Waals surface area contributed by atoms with Gasteiger partial charge in [-0.05, 0) is 110 Å². The Labute approximate surface area is 383 Å². The molecule has 65 heavy (non-hydrogen) atoms. The van der Waals surface area contributed by atoms with Gasteiger partial charge in [-0.1, -0.05) is 60.1 Å². The molecule has 0 amide bonds. The van der Waals surface area contributed by atoms with Gasteiger partial charge >= 0.3 is 0 Å². The molecule has 0 bridgehead atoms. The lowest BCUT2D eigenvalue weighted by Gasteiger charge is -2.72. The van der Waals surface area contributed by atoms with Crippen molar-refractivity contribution in [1.82, 2.24) is 0 Å². The van der Waals surface area contributed by atoms with Crippen LogP contribution < -0.4 is 0 Å². The van der Waals surface area contributed by atoms with Crippen LogP contribution in [0.5, 0.6) is 0 Å². The molecule has 3 heterocycles. The summed E-state index contributed by atoms with van der Waals surface area (Å²) in [6.45, 7) is 16.3. The predicted molar refractivity (Wildman–Crippen MR) is 230 cm³/mol. The second-order valence-electron chi connectivity index (χ2n) is 23.7. The van der Waals surface area contributed by atoms with Crippen LogP contribution in [-0.4, -0.2) is 180 Å². The summed E-state index contributed by atoms with van der Waals surface area (Å²) in [6, 6.07) is 0. The number of hydrogen-bond donors (Lipinski definition) is 11. The van der Waals surface area contributed by atoms with Crippen LogP contribution in [0.4, 0.5) is 0 Å². The van der Waals surface area contributed by atoms with Crippen LogP contribution in [-0.2, 0) is 28.4 Å². The van der Waals surface area contributed by atoms with Gasteiger partial charge in [-0.2, -0.15) is 0 Å². The van der Waals surface area contributed by atoms with Gasteiger partial charge in [-0.15, -0.1) is 0 Å². The molecule has 4 saturated carbocycles. The Hall–Kier alpha value is -0.940. The SMILES string of the molecule is C[C@@H]1O[C@@H](O[C@@H]2[C@H](O)[C@@H](O)[C@H](O[C@H]3[C@H](O[C@H]4[C@@H](O)C[C@]5(C)[C@H]6CC=C7[C@H]8CC(C)(C)CC[C@]8(CO)CC[C@@]7(C)[C@]6(C)CC[C@H]5C4(C)C)O[C@H](CO)[C@@H](O)[C@@H]3O)O[C@@H]2CO)[C@H](O)[C@H](O)[C@H]1O. The van der Waals surface area contributed by atoms with Crippen LogP contribution in [0.3, 0.4) is 0 Å². The number of aliphatic hydroxyl groups excluding tert-OH is 11. The monoisotopic (exact) mass is 929 g/mol. The van der Waals surface area contributed by atoms with E-state index < -0.39 is 123 Å². The van der Waals surface area contributed by atoms with Crippen molar-refractivity contribution in [3.05, 3.63) is 11.6 Å². The maximum absolute atomic E-state index is 12.4. The molecule has 17 heteroatoms. The summed E-state index contributed by atoms with van der Waals surface area (Å²) in [5, 5.41) is 120. The molecular formula is C48H80O17. The first kappa shape index (κ1) is 50.4. The van der Waals surface area contributed by atoms with E-state index in [0.717, 1.165) is 51.4 Å². The molecule has 17 nitrogen and oxygen atoms in total. The zero-order chi connectivity index (χ0) is 47.6. The van der Waals surface area contributed by atoms with E-state index in [0.29, 0.717) is 12.3 Å². The standard InChI is InChI=1S/C48H80O17/c1-22-30(53)32(55)35(58)40(60-22)63-37-27(20-50)62-41(36(59)34(37)57)64-38-33(56)31(54)26(19-49)61-42(38)65-39-25(52)18-45(6)28(44(39,4)5)11-12-47(8)29(45)10-9-23-24-17-43(2,3)13-15-48(24,21-51)16-14-46(23,47)7/h9,22,24-42,49-59H,10-21H2,1-8H3/t22-,24+,25-,26+,27+,28-,29+,30-,31+,32+,33-,34+,35+,36+,37-,38+,39-,40-,41-,42-,45-,46+,47+,48+/m0/s1. The summed E-state index contributed by atoms with van der Waals surface area (Å²) in [5.74, 6) is 0.644. The summed E-state index contributed by atoms with van der Waals surface area (Å²) in [7, 11) is 0. The van der Waals surface area contributed by atoms with Crippen molar-refractivity contribution in [2.75, 3.05) is 19.8 Å². The number of hydrogen-bond acceptors (Lipinski definition) is 17. The smallest absolute Gasteiger partial charge is 0.187 e. The molecule has 11 N–H and O–H groups in total. The fourth-order valence-electron chi connectivity index (χ4n) is 15.3. The summed E-state index contributed by atoms with van der Waals surface area (Å²) in [5.41, 5.74) is 0.508. The lowest BCUT2D eigenvalue weighted by atomic mass is 9.33. The maximum Gasteiger partial charge on any atom is 0.187 e. The van der Waals surface area contributed by atoms with Gasteiger partial charge in [0.1, 0.15) is 67.1 Å². The molecule has 24 atom stereocenters. The molecule has 0 aromatic carbocycles. The molecule has 8 aliphatic rings. The van der Waals surface area contributed by atoms with Crippen molar-refractivity contribution < 1.29 is 84.6 Å². The zero-order valence-corrected chi connectivity index (χ0v) is 39.5.